The summed E-state index contributed by atoms with van der Waals surface area (Å²) in [6.07, 6.45) is 1.42. The number of hydrogen-bond acceptors (Lipinski definition) is 7. The molecule has 178 valence electrons. The van der Waals surface area contributed by atoms with Crippen LogP contribution in [0.15, 0.2) is 71.1 Å². The number of phenolic OH excluding ortho intramolecular Hbond substituents is 1. The third-order valence-electron chi connectivity index (χ3n) is 4.77. The lowest BCUT2D eigenvalue weighted by molar-refractivity contribution is 0.0955. The number of benzene rings is 3. The number of halogens is 2. The second-order valence-electron chi connectivity index (χ2n) is 7.23. The number of aromatic hydroxyl groups is 1. The second-order valence-corrected chi connectivity index (χ2v) is 8.93. The molecule has 0 aliphatic heterocycles. The van der Waals surface area contributed by atoms with Crippen molar-refractivity contribution in [3.8, 4) is 22.8 Å². The van der Waals surface area contributed by atoms with Gasteiger partial charge in [-0.25, -0.2) is 10.4 Å². The molecular weight excluding hydrogens is 507 g/mol. The molecule has 10 heteroatoms. The lowest BCUT2D eigenvalue weighted by atomic mass is 10.1. The van der Waals surface area contributed by atoms with Gasteiger partial charge < -0.3 is 15.2 Å². The monoisotopic (exact) mass is 526 g/mol. The summed E-state index contributed by atoms with van der Waals surface area (Å²) in [5.41, 5.74) is 6.06. The van der Waals surface area contributed by atoms with Gasteiger partial charge in [0, 0.05) is 27.2 Å². The van der Waals surface area contributed by atoms with Crippen molar-refractivity contribution in [2.75, 3.05) is 11.9 Å². The fourth-order valence-corrected chi connectivity index (χ4v) is 4.16. The van der Waals surface area contributed by atoms with E-state index in [-0.39, 0.29) is 22.4 Å². The highest BCUT2D eigenvalue weighted by Gasteiger charge is 2.10. The van der Waals surface area contributed by atoms with Crippen LogP contribution < -0.4 is 15.5 Å². The number of amides is 1. The van der Waals surface area contributed by atoms with Gasteiger partial charge in [-0.2, -0.15) is 5.10 Å². The minimum atomic E-state index is -0.369. The Morgan fingerprint density at radius 3 is 2.60 bits per heavy atom. The second kappa shape index (κ2) is 11.2. The number of carbonyl (C=O) groups excluding carboxylic acids is 1. The van der Waals surface area contributed by atoms with Gasteiger partial charge in [-0.15, -0.1) is 11.3 Å². The smallest absolute Gasteiger partial charge is 0.271 e. The van der Waals surface area contributed by atoms with Crippen molar-refractivity contribution >= 4 is 57.5 Å². The highest BCUT2D eigenvalue weighted by atomic mass is 35.5. The first-order chi connectivity index (χ1) is 16.9. The Labute approximate surface area is 216 Å². The zero-order valence-corrected chi connectivity index (χ0v) is 20.8. The molecule has 4 rings (SSSR count). The molecule has 0 fully saturated rings. The lowest BCUT2D eigenvalue weighted by Crippen LogP contribution is -2.17. The predicted molar refractivity (Wildman–Crippen MR) is 142 cm³/mol. The van der Waals surface area contributed by atoms with Gasteiger partial charge in [-0.1, -0.05) is 35.3 Å². The summed E-state index contributed by atoms with van der Waals surface area (Å²) in [7, 11) is 0. The van der Waals surface area contributed by atoms with Gasteiger partial charge in [0.15, 0.2) is 16.6 Å². The van der Waals surface area contributed by atoms with Gasteiger partial charge in [0.2, 0.25) is 0 Å². The van der Waals surface area contributed by atoms with Crippen molar-refractivity contribution in [1.29, 1.82) is 0 Å². The molecule has 7 nitrogen and oxygen atoms in total. The molecule has 1 heterocycles. The van der Waals surface area contributed by atoms with Crippen molar-refractivity contribution in [3.63, 3.8) is 0 Å². The maximum Gasteiger partial charge on any atom is 0.271 e. The minimum Gasteiger partial charge on any atom is -0.503 e. The Hall–Kier alpha value is -3.59. The Morgan fingerprint density at radius 1 is 1.14 bits per heavy atom. The van der Waals surface area contributed by atoms with E-state index in [4.69, 9.17) is 27.9 Å². The average molecular weight is 527 g/mol. The van der Waals surface area contributed by atoms with E-state index in [2.05, 4.69) is 20.8 Å². The van der Waals surface area contributed by atoms with E-state index in [1.54, 1.807) is 25.1 Å². The quantitative estimate of drug-likeness (QED) is 0.175. The van der Waals surface area contributed by atoms with Crippen LogP contribution in [0, 0.1) is 0 Å². The topological polar surface area (TPSA) is 95.8 Å². The molecule has 1 aromatic heterocycles. The van der Waals surface area contributed by atoms with Gasteiger partial charge in [0.05, 0.1) is 23.5 Å². The number of carbonyl (C=O) groups is 1. The molecule has 0 saturated carbocycles. The fourth-order valence-electron chi connectivity index (χ4n) is 3.08. The normalized spacial score (nSPS) is 10.9. The summed E-state index contributed by atoms with van der Waals surface area (Å²) >= 11 is 13.4. The Kier molecular flexibility index (Phi) is 7.87. The standard InChI is InChI=1S/C25H20Cl2N4O3S/c1-2-34-22-12-15(11-20(27)23(22)32)13-28-31-24(33)17-5-3-16(4-6-17)21-14-35-25(30-21)29-19-9-7-18(26)8-10-19/h3-14,32H,2H2,1H3,(H,29,30)(H,31,33)/b28-13-. The van der Waals surface area contributed by atoms with Crippen LogP contribution in [0.3, 0.4) is 0 Å². The summed E-state index contributed by atoms with van der Waals surface area (Å²) in [4.78, 5) is 17.1. The molecule has 3 aromatic carbocycles. The zero-order chi connectivity index (χ0) is 24.8. The molecule has 0 bridgehead atoms. The first-order valence-corrected chi connectivity index (χ1v) is 12.1. The van der Waals surface area contributed by atoms with Gasteiger partial charge in [-0.05, 0) is 61.0 Å². The molecule has 0 aliphatic carbocycles. The number of anilines is 2. The molecule has 0 unspecified atom stereocenters. The molecule has 1 amide bonds. The van der Waals surface area contributed by atoms with E-state index in [1.807, 2.05) is 41.8 Å². The number of aromatic nitrogens is 1. The van der Waals surface area contributed by atoms with E-state index < -0.39 is 0 Å². The molecule has 0 aliphatic rings. The number of nitrogens with one attached hydrogen (secondary N) is 2. The van der Waals surface area contributed by atoms with Crippen LogP contribution in [0.25, 0.3) is 11.3 Å². The Morgan fingerprint density at radius 2 is 1.89 bits per heavy atom. The van der Waals surface area contributed by atoms with Gasteiger partial charge >= 0.3 is 0 Å². The molecule has 35 heavy (non-hydrogen) atoms. The lowest BCUT2D eigenvalue weighted by Gasteiger charge is -2.08. The number of thiazole rings is 1. The largest absolute Gasteiger partial charge is 0.503 e. The Bertz CT molecular complexity index is 1360. The molecule has 0 radical (unpaired) electrons. The van der Waals surface area contributed by atoms with Crippen molar-refractivity contribution in [3.05, 3.63) is 87.2 Å². The van der Waals surface area contributed by atoms with Gasteiger partial charge in [0.25, 0.3) is 5.91 Å². The van der Waals surface area contributed by atoms with Crippen LogP contribution in [0.1, 0.15) is 22.8 Å². The van der Waals surface area contributed by atoms with Crippen molar-refractivity contribution in [1.82, 2.24) is 10.4 Å². The van der Waals surface area contributed by atoms with Gasteiger partial charge in [-0.3, -0.25) is 4.79 Å². The summed E-state index contributed by atoms with van der Waals surface area (Å²) in [6, 6.07) is 17.6. The molecule has 0 spiro atoms. The number of hydrogen-bond donors (Lipinski definition) is 3. The van der Waals surface area contributed by atoms with Crippen molar-refractivity contribution in [2.24, 2.45) is 5.10 Å². The van der Waals surface area contributed by atoms with E-state index in [1.165, 1.54) is 23.6 Å². The highest BCUT2D eigenvalue weighted by molar-refractivity contribution is 7.14. The number of hydrazone groups is 1. The van der Waals surface area contributed by atoms with Crippen LogP contribution in [-0.4, -0.2) is 28.8 Å². The van der Waals surface area contributed by atoms with E-state index in [0.29, 0.717) is 22.8 Å². The molecular formula is C25H20Cl2N4O3S. The maximum absolute atomic E-state index is 12.5. The predicted octanol–water partition coefficient (Wildman–Crippen LogP) is 6.73. The van der Waals surface area contributed by atoms with Crippen LogP contribution in [-0.2, 0) is 0 Å². The molecule has 0 atom stereocenters. The van der Waals surface area contributed by atoms with Gasteiger partial charge in [0.1, 0.15) is 0 Å². The number of phenols is 1. The maximum atomic E-state index is 12.5. The van der Waals surface area contributed by atoms with Crippen LogP contribution in [0.5, 0.6) is 11.5 Å². The highest BCUT2D eigenvalue weighted by Crippen LogP contribution is 2.34. The number of rotatable bonds is 8. The summed E-state index contributed by atoms with van der Waals surface area (Å²) < 4.78 is 5.34. The molecule has 3 N–H and O–H groups in total. The zero-order valence-electron chi connectivity index (χ0n) is 18.5. The SMILES string of the molecule is CCOc1cc(/C=N\NC(=O)c2ccc(-c3csc(Nc4ccc(Cl)cc4)n3)cc2)cc(Cl)c1O. The van der Waals surface area contributed by atoms with E-state index in [0.717, 1.165) is 22.1 Å². The number of nitrogens with zero attached hydrogens (tertiary/aromatic N) is 2. The first kappa shape index (κ1) is 24.5. The summed E-state index contributed by atoms with van der Waals surface area (Å²) in [5, 5.41) is 20.6. The Balaban J connectivity index is 1.38. The summed E-state index contributed by atoms with van der Waals surface area (Å²) in [6.45, 7) is 2.17. The third kappa shape index (κ3) is 6.30. The average Bonchev–Trinajstić information content (AvgIpc) is 3.32. The number of ether oxygens (including phenoxy) is 1. The van der Waals surface area contributed by atoms with E-state index >= 15 is 0 Å². The fraction of sp³-hybridized carbons (Fsp3) is 0.0800. The molecule has 4 aromatic rings. The van der Waals surface area contributed by atoms with Crippen LogP contribution in [0.2, 0.25) is 10.0 Å². The van der Waals surface area contributed by atoms with Crippen molar-refractivity contribution in [2.45, 2.75) is 6.92 Å². The van der Waals surface area contributed by atoms with E-state index in [9.17, 15) is 9.90 Å². The van der Waals surface area contributed by atoms with Crippen molar-refractivity contribution < 1.29 is 14.6 Å². The third-order valence-corrected chi connectivity index (χ3v) is 6.07. The first-order valence-electron chi connectivity index (χ1n) is 10.5. The minimum absolute atomic E-state index is 0.132. The molecule has 0 saturated heterocycles. The van der Waals surface area contributed by atoms with Crippen LogP contribution in [0.4, 0.5) is 10.8 Å². The van der Waals surface area contributed by atoms with Crippen LogP contribution >= 0.6 is 34.5 Å². The summed E-state index contributed by atoms with van der Waals surface area (Å²) in [5.74, 6) is -0.259.